The number of nitrogens with one attached hydrogen (secondary N) is 2. The van der Waals surface area contributed by atoms with Crippen LogP contribution in [0.1, 0.15) is 25.0 Å². The Labute approximate surface area is 301 Å². The van der Waals surface area contributed by atoms with Crippen molar-refractivity contribution in [2.45, 2.75) is 80.9 Å². The minimum atomic E-state index is -1.93. The van der Waals surface area contributed by atoms with Crippen LogP contribution in [0.4, 0.5) is 11.4 Å². The van der Waals surface area contributed by atoms with Gasteiger partial charge in [-0.3, -0.25) is 29.0 Å². The van der Waals surface area contributed by atoms with E-state index in [2.05, 4.69) is 10.6 Å². The van der Waals surface area contributed by atoms with Crippen molar-refractivity contribution in [2.24, 2.45) is 0 Å². The number of benzene rings is 2. The van der Waals surface area contributed by atoms with Gasteiger partial charge in [-0.25, -0.2) is 0 Å². The number of nitrogens with zero attached hydrogens (tertiary/aromatic N) is 4. The fourth-order valence-electron chi connectivity index (χ4n) is 10.6. The second-order valence-corrected chi connectivity index (χ2v) is 19.4. The van der Waals surface area contributed by atoms with Gasteiger partial charge in [-0.05, 0) is 80.3 Å². The van der Waals surface area contributed by atoms with Crippen LogP contribution in [-0.2, 0) is 30.0 Å². The Kier molecular flexibility index (Phi) is 5.86. The molecule has 2 aromatic carbocycles. The highest BCUT2D eigenvalue weighted by Gasteiger charge is 2.93. The van der Waals surface area contributed by atoms with E-state index in [4.69, 9.17) is 0 Å². The number of hydrogen-bond donors (Lipinski definition) is 6. The zero-order valence-electron chi connectivity index (χ0n) is 26.9. The lowest BCUT2D eigenvalue weighted by Crippen LogP contribution is -2.80. The summed E-state index contributed by atoms with van der Waals surface area (Å²) in [6.45, 7) is 2.90. The van der Waals surface area contributed by atoms with Gasteiger partial charge in [0, 0.05) is 25.5 Å². The topological polar surface area (TPSA) is 186 Å². The number of anilines is 2. The highest BCUT2D eigenvalue weighted by atomic mass is 33.1. The van der Waals surface area contributed by atoms with Crippen LogP contribution >= 0.6 is 43.2 Å². The number of hydrogen-bond acceptors (Lipinski definition) is 14. The van der Waals surface area contributed by atoms with Crippen LogP contribution in [0.3, 0.4) is 0 Å². The van der Waals surface area contributed by atoms with Gasteiger partial charge in [0.05, 0.1) is 23.0 Å². The fraction of sp³-hybridized carbons (Fsp3) is 0.500. The molecular formula is C32H32N6O8S4. The van der Waals surface area contributed by atoms with Crippen molar-refractivity contribution in [3.05, 3.63) is 59.7 Å². The number of carbonyl (C=O) groups is 4. The summed E-state index contributed by atoms with van der Waals surface area (Å²) in [6, 6.07) is 14.3. The molecule has 262 valence electrons. The van der Waals surface area contributed by atoms with Crippen molar-refractivity contribution in [2.75, 3.05) is 24.7 Å². The van der Waals surface area contributed by atoms with E-state index in [1.165, 1.54) is 47.5 Å². The first-order valence-corrected chi connectivity index (χ1v) is 20.4. The molecule has 4 amide bonds. The lowest BCUT2D eigenvalue weighted by molar-refractivity contribution is -0.172. The molecule has 2 aromatic rings. The highest BCUT2D eigenvalue weighted by molar-refractivity contribution is 8.78. The van der Waals surface area contributed by atoms with Crippen molar-refractivity contribution in [1.82, 2.24) is 19.6 Å². The van der Waals surface area contributed by atoms with Crippen molar-refractivity contribution in [3.8, 4) is 0 Å². The Hall–Kier alpha value is -2.84. The molecule has 8 fully saturated rings. The molecular weight excluding hydrogens is 725 g/mol. The third kappa shape index (κ3) is 2.65. The second-order valence-electron chi connectivity index (χ2n) is 14.3. The van der Waals surface area contributed by atoms with Crippen molar-refractivity contribution >= 4 is 78.2 Å². The number of piperazine rings is 2. The van der Waals surface area contributed by atoms with Gasteiger partial charge in [-0.2, -0.15) is 0 Å². The monoisotopic (exact) mass is 756 g/mol. The molecule has 2 unspecified atom stereocenters. The molecule has 0 radical (unpaired) electrons. The number of carbonyl (C=O) groups excluding carboxylic acids is 4. The molecule has 8 saturated heterocycles. The molecule has 18 heteroatoms. The number of amides is 4. The highest BCUT2D eigenvalue weighted by Crippen LogP contribution is 2.78. The van der Waals surface area contributed by atoms with E-state index >= 15 is 0 Å². The second kappa shape index (κ2) is 9.20. The Morgan fingerprint density at radius 2 is 0.980 bits per heavy atom. The first-order chi connectivity index (χ1) is 23.7. The van der Waals surface area contributed by atoms with Crippen LogP contribution in [0.2, 0.25) is 0 Å². The van der Waals surface area contributed by atoms with Gasteiger partial charge in [0.2, 0.25) is 19.5 Å². The first-order valence-electron chi connectivity index (χ1n) is 16.1. The Balaban J connectivity index is 1.33. The Morgan fingerprint density at radius 1 is 0.620 bits per heavy atom. The minimum Gasteiger partial charge on any atom is -0.389 e. The van der Waals surface area contributed by atoms with Crippen molar-refractivity contribution < 1.29 is 39.6 Å². The summed E-state index contributed by atoms with van der Waals surface area (Å²) >= 11 is 0. The maximum atomic E-state index is 15.0. The molecule has 10 aliphatic heterocycles. The first kappa shape index (κ1) is 31.9. The van der Waals surface area contributed by atoms with E-state index in [0.717, 1.165) is 43.2 Å². The van der Waals surface area contributed by atoms with Gasteiger partial charge in [0.1, 0.15) is 24.5 Å². The third-order valence-electron chi connectivity index (χ3n) is 12.7. The molecule has 4 bridgehead atoms. The summed E-state index contributed by atoms with van der Waals surface area (Å²) in [5.41, 5.74) is -1.52. The van der Waals surface area contributed by atoms with E-state index in [1.54, 1.807) is 48.5 Å². The molecule has 14 nitrogen and oxygen atoms in total. The Bertz CT molecular complexity index is 1870. The summed E-state index contributed by atoms with van der Waals surface area (Å²) < 4.78 is 0. The number of aliphatic hydroxyl groups excluding tert-OH is 4. The van der Waals surface area contributed by atoms with E-state index < -0.39 is 90.7 Å². The quantitative estimate of drug-likeness (QED) is 0.231. The summed E-state index contributed by atoms with van der Waals surface area (Å²) in [5.74, 6) is -2.37. The maximum Gasteiger partial charge on any atom is 0.266 e. The molecule has 0 saturated carbocycles. The van der Waals surface area contributed by atoms with E-state index in [-0.39, 0.29) is 0 Å². The number of rotatable bonds is 3. The maximum absolute atomic E-state index is 15.0. The zero-order valence-corrected chi connectivity index (χ0v) is 30.2. The molecule has 2 spiro atoms. The molecule has 10 aliphatic rings. The van der Waals surface area contributed by atoms with E-state index in [9.17, 15) is 39.6 Å². The molecule has 12 rings (SSSR count). The number of fused-ring (bicyclic) bond motifs is 11. The fourth-order valence-corrected chi connectivity index (χ4v) is 18.6. The molecule has 10 heterocycles. The molecule has 0 aromatic heterocycles. The standard InChI is InChI=1S/C32H32N6O8S4/c1-13(39)29-25(45)37-21-27(15-9-5-7-11-17(15)33-21,19(41)31(37,49-47-29)23(43)35(29)3)28-16-10-6-8-12-18(16)34-22(28)38-26(46)30(14(2)40)36(4)24(44)32(38,20(28)42)50-48-30/h5-14,19-22,33-34,39-42H,1-4H3/t13?,14?,19-,20-,21+,22+,27+,28+,29+,30+,31-,32-/m0/s1. The van der Waals surface area contributed by atoms with Gasteiger partial charge in [0.15, 0.2) is 0 Å². The summed E-state index contributed by atoms with van der Waals surface area (Å²) in [4.78, 5) is 57.4. The smallest absolute Gasteiger partial charge is 0.266 e. The van der Waals surface area contributed by atoms with Gasteiger partial charge < -0.3 is 40.9 Å². The van der Waals surface area contributed by atoms with Gasteiger partial charge in [-0.15, -0.1) is 0 Å². The average Bonchev–Trinajstić information content (AvgIpc) is 3.74. The lowest BCUT2D eigenvalue weighted by Gasteiger charge is -2.59. The van der Waals surface area contributed by atoms with Gasteiger partial charge in [0.25, 0.3) is 23.6 Å². The largest absolute Gasteiger partial charge is 0.389 e. The number of para-hydroxylation sites is 2. The molecule has 0 aliphatic carbocycles. The zero-order chi connectivity index (χ0) is 35.3. The average molecular weight is 757 g/mol. The predicted molar refractivity (Wildman–Crippen MR) is 187 cm³/mol. The summed E-state index contributed by atoms with van der Waals surface area (Å²) in [5, 5.41) is 56.0. The summed E-state index contributed by atoms with van der Waals surface area (Å²) in [6.07, 6.45) is -8.45. The van der Waals surface area contributed by atoms with Crippen LogP contribution in [-0.4, -0.2) is 134 Å². The van der Waals surface area contributed by atoms with Crippen LogP contribution < -0.4 is 10.6 Å². The van der Waals surface area contributed by atoms with Crippen molar-refractivity contribution in [1.29, 1.82) is 0 Å². The van der Waals surface area contributed by atoms with Gasteiger partial charge >= 0.3 is 0 Å². The van der Waals surface area contributed by atoms with Crippen LogP contribution in [0.15, 0.2) is 48.5 Å². The van der Waals surface area contributed by atoms with E-state index in [0.29, 0.717) is 22.5 Å². The molecule has 6 N–H and O–H groups in total. The number of aliphatic hydroxyl groups is 4. The van der Waals surface area contributed by atoms with Gasteiger partial charge in [-0.1, -0.05) is 36.4 Å². The minimum absolute atomic E-state index is 0.495. The summed E-state index contributed by atoms with van der Waals surface area (Å²) in [7, 11) is 6.94. The van der Waals surface area contributed by atoms with Crippen molar-refractivity contribution in [3.63, 3.8) is 0 Å². The SMILES string of the molecule is CC(O)[C@]12SS[C@]3(C(=O)N1C)[C@@H](O)[C@]1([C@@]45c6ccccc6N[C@@H]4N4C(=O)[C@@]6(C(C)O)SS[C@]4(C(=O)N6C)[C@H]5O)c4ccccc4N[C@@H]1N3C2=O. The molecule has 50 heavy (non-hydrogen) atoms. The number of likely N-dealkylation sites (N-methyl/N-ethyl adjacent to an activating group) is 2. The predicted octanol–water partition coefficient (Wildman–Crippen LogP) is 0.0526. The lowest BCUT2D eigenvalue weighted by atomic mass is 9.52. The Morgan fingerprint density at radius 3 is 1.34 bits per heavy atom. The normalized spacial score (nSPS) is 45.5. The van der Waals surface area contributed by atoms with E-state index in [1.807, 2.05) is 0 Å². The molecule has 12 atom stereocenters. The van der Waals surface area contributed by atoms with Crippen LogP contribution in [0.25, 0.3) is 0 Å². The van der Waals surface area contributed by atoms with Crippen LogP contribution in [0.5, 0.6) is 0 Å². The third-order valence-corrected chi connectivity index (χ3v) is 20.2. The van der Waals surface area contributed by atoms with Crippen LogP contribution in [0, 0.1) is 0 Å².